The van der Waals surface area contributed by atoms with Crippen LogP contribution >= 0.6 is 0 Å². The second kappa shape index (κ2) is 5.69. The van der Waals surface area contributed by atoms with Crippen molar-refractivity contribution >= 4 is 5.78 Å². The third-order valence-corrected chi connectivity index (χ3v) is 5.29. The van der Waals surface area contributed by atoms with Crippen LogP contribution in [0.2, 0.25) is 0 Å². The van der Waals surface area contributed by atoms with Crippen molar-refractivity contribution < 1.29 is 4.79 Å². The molecule has 2 aliphatic rings. The van der Waals surface area contributed by atoms with E-state index in [1.165, 1.54) is 25.7 Å². The summed E-state index contributed by atoms with van der Waals surface area (Å²) in [6.45, 7) is 3.67. The molecule has 2 nitrogen and oxygen atoms in total. The summed E-state index contributed by atoms with van der Waals surface area (Å²) in [7, 11) is 2.10. The lowest BCUT2D eigenvalue weighted by atomic mass is 9.88. The zero-order valence-electron chi connectivity index (χ0n) is 12.6. The van der Waals surface area contributed by atoms with Crippen LogP contribution in [0.15, 0.2) is 24.3 Å². The van der Waals surface area contributed by atoms with E-state index in [1.54, 1.807) is 0 Å². The van der Waals surface area contributed by atoms with Gasteiger partial charge in [-0.15, -0.1) is 0 Å². The van der Waals surface area contributed by atoms with Gasteiger partial charge in [0.05, 0.1) is 6.54 Å². The second-order valence-corrected chi connectivity index (χ2v) is 6.87. The van der Waals surface area contributed by atoms with Crippen LogP contribution in [0.25, 0.3) is 0 Å². The molecule has 20 heavy (non-hydrogen) atoms. The van der Waals surface area contributed by atoms with E-state index in [-0.39, 0.29) is 5.78 Å². The van der Waals surface area contributed by atoms with E-state index in [0.29, 0.717) is 6.54 Å². The molecule has 2 aliphatic carbocycles. The van der Waals surface area contributed by atoms with Crippen LogP contribution in [-0.2, 0) is 0 Å². The molecule has 0 N–H and O–H groups in total. The van der Waals surface area contributed by atoms with Crippen molar-refractivity contribution in [3.05, 3.63) is 35.4 Å². The van der Waals surface area contributed by atoms with Gasteiger partial charge in [-0.2, -0.15) is 0 Å². The maximum absolute atomic E-state index is 12.4. The van der Waals surface area contributed by atoms with E-state index < -0.39 is 0 Å². The Morgan fingerprint density at radius 3 is 2.70 bits per heavy atom. The first-order chi connectivity index (χ1) is 9.63. The number of Topliss-reactive ketones (excluding diaryl/α,β-unsaturated/α-hetero) is 1. The van der Waals surface area contributed by atoms with Crippen LogP contribution in [0, 0.1) is 24.7 Å². The molecule has 2 heteroatoms. The minimum Gasteiger partial charge on any atom is -0.299 e. The van der Waals surface area contributed by atoms with Gasteiger partial charge in [-0.1, -0.05) is 30.7 Å². The van der Waals surface area contributed by atoms with Gasteiger partial charge in [0.25, 0.3) is 0 Å². The molecule has 108 valence electrons. The summed E-state index contributed by atoms with van der Waals surface area (Å²) in [5, 5.41) is 0. The number of ketones is 1. The Kier molecular flexibility index (Phi) is 3.93. The van der Waals surface area contributed by atoms with Gasteiger partial charge in [0, 0.05) is 12.1 Å². The van der Waals surface area contributed by atoms with Crippen LogP contribution in [0.1, 0.15) is 41.6 Å². The molecule has 0 aliphatic heterocycles. The van der Waals surface area contributed by atoms with Gasteiger partial charge in [0.15, 0.2) is 5.78 Å². The fourth-order valence-electron chi connectivity index (χ4n) is 4.28. The minimum atomic E-state index is 0.258. The molecule has 1 aromatic carbocycles. The summed E-state index contributed by atoms with van der Waals surface area (Å²) < 4.78 is 0. The number of aryl methyl sites for hydroxylation is 1. The largest absolute Gasteiger partial charge is 0.299 e. The lowest BCUT2D eigenvalue weighted by molar-refractivity contribution is 0.0928. The van der Waals surface area contributed by atoms with Crippen molar-refractivity contribution in [2.75, 3.05) is 20.1 Å². The molecule has 0 aromatic heterocycles. The van der Waals surface area contributed by atoms with E-state index in [4.69, 9.17) is 0 Å². The Labute approximate surface area is 122 Å². The Bertz CT molecular complexity index is 496. The lowest BCUT2D eigenvalue weighted by Crippen LogP contribution is -2.33. The van der Waals surface area contributed by atoms with Gasteiger partial charge in [-0.3, -0.25) is 9.69 Å². The van der Waals surface area contributed by atoms with Crippen LogP contribution in [0.4, 0.5) is 0 Å². The van der Waals surface area contributed by atoms with Gasteiger partial charge in [-0.25, -0.2) is 0 Å². The Morgan fingerprint density at radius 1 is 1.25 bits per heavy atom. The van der Waals surface area contributed by atoms with E-state index >= 15 is 0 Å². The highest BCUT2D eigenvalue weighted by atomic mass is 16.1. The Hall–Kier alpha value is -1.15. The number of likely N-dealkylation sites (N-methyl/N-ethyl adjacent to an activating group) is 1. The zero-order valence-corrected chi connectivity index (χ0v) is 12.6. The monoisotopic (exact) mass is 271 g/mol. The molecule has 3 atom stereocenters. The molecule has 2 saturated carbocycles. The maximum Gasteiger partial charge on any atom is 0.177 e. The Morgan fingerprint density at radius 2 is 2.05 bits per heavy atom. The summed E-state index contributed by atoms with van der Waals surface area (Å²) in [5.74, 6) is 3.03. The molecule has 0 heterocycles. The van der Waals surface area contributed by atoms with E-state index in [9.17, 15) is 4.79 Å². The van der Waals surface area contributed by atoms with Crippen LogP contribution in [0.5, 0.6) is 0 Å². The third kappa shape index (κ3) is 2.80. The predicted octanol–water partition coefficient (Wildman–Crippen LogP) is 3.55. The predicted molar refractivity (Wildman–Crippen MR) is 81.9 cm³/mol. The van der Waals surface area contributed by atoms with Crippen LogP contribution in [0.3, 0.4) is 0 Å². The Balaban J connectivity index is 1.55. The van der Waals surface area contributed by atoms with Crippen molar-refractivity contribution in [2.45, 2.75) is 32.6 Å². The standard InChI is InChI=1S/C18H25NO/c1-13-5-3-4-6-17(13)18(20)12-19(2)11-16-10-14-7-8-15(16)9-14/h3-6,14-16H,7-12H2,1-2H3. The molecular weight excluding hydrogens is 246 g/mol. The van der Waals surface area contributed by atoms with E-state index in [1.807, 2.05) is 31.2 Å². The maximum atomic E-state index is 12.4. The normalized spacial score (nSPS) is 28.2. The van der Waals surface area contributed by atoms with Crippen LogP contribution in [-0.4, -0.2) is 30.8 Å². The third-order valence-electron chi connectivity index (χ3n) is 5.29. The fourth-order valence-corrected chi connectivity index (χ4v) is 4.28. The van der Waals surface area contributed by atoms with Crippen molar-refractivity contribution in [1.29, 1.82) is 0 Å². The number of nitrogens with zero attached hydrogens (tertiary/aromatic N) is 1. The number of hydrogen-bond donors (Lipinski definition) is 0. The summed E-state index contributed by atoms with van der Waals surface area (Å²) in [6, 6.07) is 7.91. The summed E-state index contributed by atoms with van der Waals surface area (Å²) in [6.07, 6.45) is 5.72. The molecular formula is C18H25NO. The number of carbonyl (C=O) groups is 1. The average Bonchev–Trinajstić information content (AvgIpc) is 3.01. The highest BCUT2D eigenvalue weighted by molar-refractivity contribution is 5.98. The number of benzene rings is 1. The number of fused-ring (bicyclic) bond motifs is 2. The summed E-state index contributed by atoms with van der Waals surface area (Å²) >= 11 is 0. The first kappa shape index (κ1) is 13.8. The van der Waals surface area contributed by atoms with Crippen molar-refractivity contribution in [3.8, 4) is 0 Å². The lowest BCUT2D eigenvalue weighted by Gasteiger charge is -2.26. The van der Waals surface area contributed by atoms with Gasteiger partial charge < -0.3 is 0 Å². The molecule has 3 unspecified atom stereocenters. The molecule has 2 bridgehead atoms. The first-order valence-corrected chi connectivity index (χ1v) is 7.91. The van der Waals surface area contributed by atoms with Gasteiger partial charge in [-0.05, 0) is 56.6 Å². The molecule has 1 aromatic rings. The van der Waals surface area contributed by atoms with E-state index in [2.05, 4.69) is 11.9 Å². The molecule has 3 rings (SSSR count). The van der Waals surface area contributed by atoms with Crippen LogP contribution < -0.4 is 0 Å². The zero-order chi connectivity index (χ0) is 14.1. The number of rotatable bonds is 5. The molecule has 0 saturated heterocycles. The first-order valence-electron chi connectivity index (χ1n) is 7.91. The van der Waals surface area contributed by atoms with Crippen molar-refractivity contribution in [3.63, 3.8) is 0 Å². The topological polar surface area (TPSA) is 20.3 Å². The smallest absolute Gasteiger partial charge is 0.177 e. The van der Waals surface area contributed by atoms with Gasteiger partial charge in [0.2, 0.25) is 0 Å². The SMILES string of the molecule is Cc1ccccc1C(=O)CN(C)CC1CC2CCC1C2. The highest BCUT2D eigenvalue weighted by Gasteiger charge is 2.39. The molecule has 0 spiro atoms. The fraction of sp³-hybridized carbons (Fsp3) is 0.611. The number of carbonyl (C=O) groups excluding carboxylic acids is 1. The molecule has 2 fully saturated rings. The van der Waals surface area contributed by atoms with E-state index in [0.717, 1.165) is 35.4 Å². The van der Waals surface area contributed by atoms with Crippen molar-refractivity contribution in [2.24, 2.45) is 17.8 Å². The quantitative estimate of drug-likeness (QED) is 0.763. The average molecular weight is 271 g/mol. The molecule has 0 radical (unpaired) electrons. The van der Waals surface area contributed by atoms with Crippen molar-refractivity contribution in [1.82, 2.24) is 4.90 Å². The minimum absolute atomic E-state index is 0.258. The summed E-state index contributed by atoms with van der Waals surface area (Å²) in [4.78, 5) is 14.6. The van der Waals surface area contributed by atoms with Gasteiger partial charge >= 0.3 is 0 Å². The highest BCUT2D eigenvalue weighted by Crippen LogP contribution is 2.48. The summed E-state index contributed by atoms with van der Waals surface area (Å²) in [5.41, 5.74) is 1.97. The van der Waals surface area contributed by atoms with Gasteiger partial charge in [0.1, 0.15) is 0 Å². The molecule has 0 amide bonds. The second-order valence-electron chi connectivity index (χ2n) is 6.87. The number of hydrogen-bond acceptors (Lipinski definition) is 2.